The Bertz CT molecular complexity index is 1500. The van der Waals surface area contributed by atoms with Crippen molar-refractivity contribution in [3.05, 3.63) is 82.2 Å². The maximum absolute atomic E-state index is 13.4. The number of nitrogens with one attached hydrogen (secondary N) is 1. The number of hydrogen-bond donors (Lipinski definition) is 3. The van der Waals surface area contributed by atoms with Gasteiger partial charge in [-0.3, -0.25) is 19.8 Å². The second-order valence-corrected chi connectivity index (χ2v) is 8.81. The molecule has 3 aromatic rings. The lowest BCUT2D eigenvalue weighted by Crippen LogP contribution is -2.54. The molecule has 38 heavy (non-hydrogen) atoms. The summed E-state index contributed by atoms with van der Waals surface area (Å²) in [4.78, 5) is 50.6. The van der Waals surface area contributed by atoms with Gasteiger partial charge in [0, 0.05) is 17.1 Å². The van der Waals surface area contributed by atoms with Gasteiger partial charge >= 0.3 is 11.9 Å². The summed E-state index contributed by atoms with van der Waals surface area (Å²) in [5.74, 6) is -3.19. The molecular weight excluding hydrogens is 510 g/mol. The predicted molar refractivity (Wildman–Crippen MR) is 143 cm³/mol. The number of rotatable bonds is 7. The number of nitrogens with zero attached hydrogens (tertiary/aromatic N) is 2. The van der Waals surface area contributed by atoms with E-state index >= 15 is 0 Å². The highest BCUT2D eigenvalue weighted by atomic mass is 32.1. The molecule has 0 radical (unpaired) electrons. The zero-order valence-electron chi connectivity index (χ0n) is 20.6. The van der Waals surface area contributed by atoms with Crippen molar-refractivity contribution >= 4 is 52.8 Å². The molecule has 3 N–H and O–H groups in total. The molecule has 0 unspecified atom stereocenters. The van der Waals surface area contributed by atoms with Crippen molar-refractivity contribution in [2.24, 2.45) is 0 Å². The summed E-state index contributed by atoms with van der Waals surface area (Å²) in [5, 5.41) is 21.4. The highest BCUT2D eigenvalue weighted by molar-refractivity contribution is 7.80. The number of anilines is 1. The molecule has 2 aromatic carbocycles. The first-order chi connectivity index (χ1) is 18.0. The van der Waals surface area contributed by atoms with E-state index in [1.165, 1.54) is 23.1 Å². The number of amides is 2. The van der Waals surface area contributed by atoms with Crippen molar-refractivity contribution in [1.82, 2.24) is 9.88 Å². The van der Waals surface area contributed by atoms with Crippen LogP contribution in [0.5, 0.6) is 5.75 Å². The van der Waals surface area contributed by atoms with Crippen LogP contribution < -0.4 is 15.0 Å². The van der Waals surface area contributed by atoms with E-state index in [1.807, 2.05) is 6.92 Å². The third-order valence-electron chi connectivity index (χ3n) is 5.95. The van der Waals surface area contributed by atoms with Crippen LogP contribution in [0, 0.1) is 13.8 Å². The SMILES string of the molecule is CCOc1ccc(N2C(=O)/C(=C/c3cc(C)n(-c4cc(C(=O)O)cc(C(=O)O)c4)c3C)C(=O)NC2=S)cc1. The highest BCUT2D eigenvalue weighted by Crippen LogP contribution is 2.28. The monoisotopic (exact) mass is 533 g/mol. The second-order valence-electron chi connectivity index (χ2n) is 8.43. The van der Waals surface area contributed by atoms with Gasteiger partial charge < -0.3 is 19.5 Å². The van der Waals surface area contributed by atoms with Crippen molar-refractivity contribution in [2.45, 2.75) is 20.8 Å². The number of carboxylic acids is 2. The second kappa shape index (κ2) is 10.3. The smallest absolute Gasteiger partial charge is 0.335 e. The normalized spacial score (nSPS) is 14.6. The van der Waals surface area contributed by atoms with E-state index in [2.05, 4.69) is 5.32 Å². The summed E-state index contributed by atoms with van der Waals surface area (Å²) < 4.78 is 7.10. The third-order valence-corrected chi connectivity index (χ3v) is 6.23. The van der Waals surface area contributed by atoms with E-state index in [4.69, 9.17) is 17.0 Å². The number of carbonyl (C=O) groups is 4. The number of ether oxygens (including phenoxy) is 1. The average Bonchev–Trinajstić information content (AvgIpc) is 3.14. The first kappa shape index (κ1) is 26.3. The molecule has 0 atom stereocenters. The number of carboxylic acid groups (broad SMARTS) is 2. The maximum atomic E-state index is 13.4. The summed E-state index contributed by atoms with van der Waals surface area (Å²) in [6.45, 7) is 5.80. The Labute approximate surface area is 222 Å². The van der Waals surface area contributed by atoms with Crippen LogP contribution in [0.15, 0.2) is 54.1 Å². The van der Waals surface area contributed by atoms with Gasteiger partial charge in [-0.2, -0.15) is 0 Å². The third kappa shape index (κ3) is 4.91. The molecule has 1 fully saturated rings. The molecule has 2 heterocycles. The van der Waals surface area contributed by atoms with E-state index in [0.717, 1.165) is 6.07 Å². The number of aryl methyl sites for hydroxylation is 1. The standard InChI is InChI=1S/C27H23N3O7S/c1-4-37-21-7-5-19(6-8-21)30-24(32)22(23(31)28-27(30)38)13-16-9-14(2)29(15(16)3)20-11-17(25(33)34)10-18(12-20)26(35)36/h5-13H,4H2,1-3H3,(H,33,34)(H,35,36)(H,28,31,38)/b22-13+. The lowest BCUT2D eigenvalue weighted by molar-refractivity contribution is -0.122. The van der Waals surface area contributed by atoms with Crippen LogP contribution in [0.3, 0.4) is 0 Å². The molecule has 1 saturated heterocycles. The minimum atomic E-state index is -1.27. The zero-order valence-corrected chi connectivity index (χ0v) is 21.5. The van der Waals surface area contributed by atoms with Crippen LogP contribution in [0.2, 0.25) is 0 Å². The first-order valence-corrected chi connectivity index (χ1v) is 11.9. The van der Waals surface area contributed by atoms with Crippen LogP contribution in [-0.4, -0.2) is 50.3 Å². The van der Waals surface area contributed by atoms with Gasteiger partial charge in [0.25, 0.3) is 11.8 Å². The van der Waals surface area contributed by atoms with Crippen molar-refractivity contribution in [1.29, 1.82) is 0 Å². The molecule has 1 aliphatic heterocycles. The molecule has 0 bridgehead atoms. The van der Waals surface area contributed by atoms with E-state index in [0.29, 0.717) is 40.7 Å². The largest absolute Gasteiger partial charge is 0.494 e. The van der Waals surface area contributed by atoms with Crippen molar-refractivity contribution in [2.75, 3.05) is 11.5 Å². The van der Waals surface area contributed by atoms with Gasteiger partial charge in [-0.25, -0.2) is 9.59 Å². The minimum absolute atomic E-state index is 0.0570. The lowest BCUT2D eigenvalue weighted by Gasteiger charge is -2.29. The van der Waals surface area contributed by atoms with Crippen LogP contribution in [0.25, 0.3) is 11.8 Å². The van der Waals surface area contributed by atoms with Gasteiger partial charge in [0.05, 0.1) is 23.4 Å². The van der Waals surface area contributed by atoms with Gasteiger partial charge in [0.1, 0.15) is 11.3 Å². The minimum Gasteiger partial charge on any atom is -0.494 e. The number of hydrogen-bond acceptors (Lipinski definition) is 6. The quantitative estimate of drug-likeness (QED) is 0.237. The predicted octanol–water partition coefficient (Wildman–Crippen LogP) is 3.72. The number of benzene rings is 2. The lowest BCUT2D eigenvalue weighted by atomic mass is 10.1. The molecule has 2 amide bonds. The molecule has 0 saturated carbocycles. The fraction of sp³-hybridized carbons (Fsp3) is 0.148. The van der Waals surface area contributed by atoms with Gasteiger partial charge in [-0.05, 0) is 93.2 Å². The van der Waals surface area contributed by atoms with Crippen LogP contribution in [0.1, 0.15) is 44.6 Å². The number of thiocarbonyl (C=S) groups is 1. The number of aromatic carboxylic acids is 2. The van der Waals surface area contributed by atoms with Gasteiger partial charge in [0.2, 0.25) is 0 Å². The Hall–Kier alpha value is -4.77. The summed E-state index contributed by atoms with van der Waals surface area (Å²) in [7, 11) is 0. The molecule has 11 heteroatoms. The molecule has 1 aliphatic rings. The molecule has 10 nitrogen and oxygen atoms in total. The summed E-state index contributed by atoms with van der Waals surface area (Å²) in [5.41, 5.74) is 1.95. The molecule has 0 aliphatic carbocycles. The molecule has 0 spiro atoms. The highest BCUT2D eigenvalue weighted by Gasteiger charge is 2.34. The Kier molecular flexibility index (Phi) is 7.13. The molecule has 4 rings (SSSR count). The van der Waals surface area contributed by atoms with Crippen molar-refractivity contribution in [3.8, 4) is 11.4 Å². The molecule has 194 valence electrons. The van der Waals surface area contributed by atoms with E-state index in [9.17, 15) is 29.4 Å². The van der Waals surface area contributed by atoms with Crippen molar-refractivity contribution in [3.63, 3.8) is 0 Å². The fourth-order valence-corrected chi connectivity index (χ4v) is 4.50. The van der Waals surface area contributed by atoms with Gasteiger partial charge in [0.15, 0.2) is 5.11 Å². The summed E-state index contributed by atoms with van der Waals surface area (Å²) in [6.07, 6.45) is 1.43. The van der Waals surface area contributed by atoms with E-state index in [-0.39, 0.29) is 21.8 Å². The fourth-order valence-electron chi connectivity index (χ4n) is 4.22. The average molecular weight is 534 g/mol. The first-order valence-electron chi connectivity index (χ1n) is 11.5. The Balaban J connectivity index is 1.76. The van der Waals surface area contributed by atoms with Crippen molar-refractivity contribution < 1.29 is 34.1 Å². The van der Waals surface area contributed by atoms with Gasteiger partial charge in [-0.1, -0.05) is 0 Å². The van der Waals surface area contributed by atoms with E-state index in [1.54, 1.807) is 48.7 Å². The zero-order chi connectivity index (χ0) is 27.7. The van der Waals surface area contributed by atoms with Gasteiger partial charge in [-0.15, -0.1) is 0 Å². The molecule has 1 aromatic heterocycles. The Morgan fingerprint density at radius 1 is 0.974 bits per heavy atom. The summed E-state index contributed by atoms with van der Waals surface area (Å²) >= 11 is 5.26. The Morgan fingerprint density at radius 3 is 2.13 bits per heavy atom. The number of carbonyl (C=O) groups excluding carboxylic acids is 2. The maximum Gasteiger partial charge on any atom is 0.335 e. The molecular formula is C27H23N3O7S. The number of aromatic nitrogens is 1. The van der Waals surface area contributed by atoms with Crippen LogP contribution in [0.4, 0.5) is 5.69 Å². The Morgan fingerprint density at radius 2 is 1.58 bits per heavy atom. The summed E-state index contributed by atoms with van der Waals surface area (Å²) in [6, 6.07) is 12.2. The van der Waals surface area contributed by atoms with E-state index < -0.39 is 23.8 Å². The van der Waals surface area contributed by atoms with Crippen LogP contribution >= 0.6 is 12.2 Å². The van der Waals surface area contributed by atoms with Crippen LogP contribution in [-0.2, 0) is 9.59 Å². The topological polar surface area (TPSA) is 138 Å².